The van der Waals surface area contributed by atoms with Crippen molar-refractivity contribution in [2.75, 3.05) is 7.11 Å². The van der Waals surface area contributed by atoms with E-state index in [0.717, 1.165) is 14.0 Å². The molecule has 1 aromatic rings. The quantitative estimate of drug-likeness (QED) is 0.326. The summed E-state index contributed by atoms with van der Waals surface area (Å²) >= 11 is 0. The molecule has 1 aromatic carbocycles. The lowest BCUT2D eigenvalue weighted by Crippen LogP contribution is -2.12. The van der Waals surface area contributed by atoms with Crippen molar-refractivity contribution in [1.29, 1.82) is 0 Å². The van der Waals surface area contributed by atoms with Gasteiger partial charge in [-0.2, -0.15) is 8.78 Å². The van der Waals surface area contributed by atoms with Gasteiger partial charge in [-0.15, -0.1) is 0 Å². The molecule has 0 bridgehead atoms. The zero-order valence-electron chi connectivity index (χ0n) is 8.24. The molecule has 0 heterocycles. The molecule has 0 radical (unpaired) electrons. The van der Waals surface area contributed by atoms with Gasteiger partial charge in [0.1, 0.15) is 0 Å². The Hall–Kier alpha value is -1.79. The molecule has 0 fully saturated rings. The Bertz CT molecular complexity index is 416. The van der Waals surface area contributed by atoms with Crippen molar-refractivity contribution < 1.29 is 31.8 Å². The van der Waals surface area contributed by atoms with Crippen molar-refractivity contribution in [2.45, 2.75) is 6.92 Å². The summed E-state index contributed by atoms with van der Waals surface area (Å²) in [5.74, 6) is -8.30. The minimum atomic E-state index is -1.79. The molecule has 88 valence electrons. The zero-order chi connectivity index (χ0) is 12.5. The number of benzene rings is 1. The summed E-state index contributed by atoms with van der Waals surface area (Å²) in [6.07, 6.45) is -1.49. The number of hydrogen-bond acceptors (Lipinski definition) is 3. The van der Waals surface area contributed by atoms with Gasteiger partial charge in [-0.1, -0.05) is 0 Å². The number of carbonyl (C=O) groups is 1. The summed E-state index contributed by atoms with van der Waals surface area (Å²) in [5, 5.41) is 0. The third-order valence-corrected chi connectivity index (χ3v) is 1.79. The van der Waals surface area contributed by atoms with Crippen molar-refractivity contribution >= 4 is 6.16 Å². The third-order valence-electron chi connectivity index (χ3n) is 1.79. The van der Waals surface area contributed by atoms with Crippen LogP contribution in [0.5, 0.6) is 5.75 Å². The van der Waals surface area contributed by atoms with Gasteiger partial charge in [0, 0.05) is 5.56 Å². The average Bonchev–Trinajstić information content (AvgIpc) is 2.29. The number of methoxy groups -OCH3 is 1. The molecule has 0 amide bonds. The molecular formula is C9H6F4O3. The monoisotopic (exact) mass is 238 g/mol. The minimum absolute atomic E-state index is 0.841. The number of rotatable bonds is 1. The van der Waals surface area contributed by atoms with E-state index >= 15 is 0 Å². The van der Waals surface area contributed by atoms with E-state index in [1.807, 2.05) is 0 Å². The lowest BCUT2D eigenvalue weighted by atomic mass is 10.2. The highest BCUT2D eigenvalue weighted by molar-refractivity contribution is 5.63. The maximum atomic E-state index is 13.1. The van der Waals surface area contributed by atoms with Gasteiger partial charge in [0.05, 0.1) is 7.11 Å². The van der Waals surface area contributed by atoms with Crippen LogP contribution in [0, 0.1) is 30.2 Å². The van der Waals surface area contributed by atoms with Crippen LogP contribution in [0.2, 0.25) is 0 Å². The molecule has 0 aliphatic carbocycles. The van der Waals surface area contributed by atoms with Crippen LogP contribution >= 0.6 is 0 Å². The average molecular weight is 238 g/mol. The number of hydrogen-bond donors (Lipinski definition) is 0. The summed E-state index contributed by atoms with van der Waals surface area (Å²) in [6, 6.07) is 0. The molecule has 0 saturated heterocycles. The van der Waals surface area contributed by atoms with Crippen LogP contribution in [0.1, 0.15) is 5.56 Å². The predicted octanol–water partition coefficient (Wildman–Crippen LogP) is 2.70. The van der Waals surface area contributed by atoms with Gasteiger partial charge >= 0.3 is 6.16 Å². The fraction of sp³-hybridized carbons (Fsp3) is 0.222. The lowest BCUT2D eigenvalue weighted by molar-refractivity contribution is 0.117. The summed E-state index contributed by atoms with van der Waals surface area (Å²) in [4.78, 5) is 10.6. The summed E-state index contributed by atoms with van der Waals surface area (Å²) in [6.45, 7) is 0.846. The van der Waals surface area contributed by atoms with Gasteiger partial charge in [0.25, 0.3) is 0 Å². The molecule has 0 aliphatic rings. The summed E-state index contributed by atoms with van der Waals surface area (Å²) in [7, 11) is 0.874. The molecule has 0 aliphatic heterocycles. The Kier molecular flexibility index (Phi) is 3.36. The van der Waals surface area contributed by atoms with E-state index in [0.29, 0.717) is 0 Å². The highest BCUT2D eigenvalue weighted by Crippen LogP contribution is 2.29. The van der Waals surface area contributed by atoms with Crippen LogP contribution in [0.15, 0.2) is 0 Å². The summed E-state index contributed by atoms with van der Waals surface area (Å²) < 4.78 is 60.0. The first-order valence-corrected chi connectivity index (χ1v) is 3.98. The van der Waals surface area contributed by atoms with Crippen LogP contribution in [0.25, 0.3) is 0 Å². The maximum absolute atomic E-state index is 13.1. The SMILES string of the molecule is COC(=O)Oc1c(F)c(F)c(C)c(F)c1F. The second kappa shape index (κ2) is 4.38. The zero-order valence-corrected chi connectivity index (χ0v) is 8.24. The smallest absolute Gasteiger partial charge is 0.437 e. The standard InChI is InChI=1S/C9H6F4O3/c1-3-4(10)6(12)8(7(13)5(3)11)16-9(14)15-2/h1-2H3. The van der Waals surface area contributed by atoms with Crippen LogP contribution < -0.4 is 4.74 Å². The van der Waals surface area contributed by atoms with Gasteiger partial charge in [-0.25, -0.2) is 13.6 Å². The van der Waals surface area contributed by atoms with Crippen LogP contribution in [0.4, 0.5) is 22.4 Å². The molecular weight excluding hydrogens is 232 g/mol. The third kappa shape index (κ3) is 1.93. The van der Waals surface area contributed by atoms with Crippen molar-refractivity contribution in [3.63, 3.8) is 0 Å². The van der Waals surface area contributed by atoms with E-state index in [2.05, 4.69) is 9.47 Å². The molecule has 1 rings (SSSR count). The van der Waals surface area contributed by atoms with Gasteiger partial charge in [0.15, 0.2) is 11.6 Å². The van der Waals surface area contributed by atoms with E-state index in [1.165, 1.54) is 0 Å². The molecule has 0 aromatic heterocycles. The van der Waals surface area contributed by atoms with Gasteiger partial charge in [-0.05, 0) is 6.92 Å². The number of ether oxygens (including phenoxy) is 2. The van der Waals surface area contributed by atoms with E-state index in [4.69, 9.17) is 0 Å². The fourth-order valence-corrected chi connectivity index (χ4v) is 0.936. The lowest BCUT2D eigenvalue weighted by Gasteiger charge is -2.08. The van der Waals surface area contributed by atoms with Crippen LogP contribution in [-0.4, -0.2) is 13.3 Å². The number of halogens is 4. The number of carbonyl (C=O) groups excluding carboxylic acids is 1. The molecule has 0 atom stereocenters. The Morgan fingerprint density at radius 1 is 1.00 bits per heavy atom. The molecule has 0 spiro atoms. The molecule has 7 heteroatoms. The first kappa shape index (κ1) is 12.3. The Labute approximate surface area is 87.6 Å². The van der Waals surface area contributed by atoms with Crippen molar-refractivity contribution in [3.8, 4) is 5.75 Å². The molecule has 0 saturated carbocycles. The van der Waals surface area contributed by atoms with Crippen molar-refractivity contribution in [1.82, 2.24) is 0 Å². The van der Waals surface area contributed by atoms with Gasteiger partial charge in [-0.3, -0.25) is 0 Å². The van der Waals surface area contributed by atoms with Crippen LogP contribution in [-0.2, 0) is 4.74 Å². The largest absolute Gasteiger partial charge is 0.513 e. The topological polar surface area (TPSA) is 35.5 Å². The van der Waals surface area contributed by atoms with Crippen molar-refractivity contribution in [3.05, 3.63) is 28.8 Å². The second-order valence-electron chi connectivity index (χ2n) is 2.77. The second-order valence-corrected chi connectivity index (χ2v) is 2.77. The maximum Gasteiger partial charge on any atom is 0.513 e. The van der Waals surface area contributed by atoms with Gasteiger partial charge in [0.2, 0.25) is 17.4 Å². The minimum Gasteiger partial charge on any atom is -0.437 e. The first-order valence-electron chi connectivity index (χ1n) is 3.98. The van der Waals surface area contributed by atoms with Gasteiger partial charge < -0.3 is 9.47 Å². The molecule has 0 unspecified atom stereocenters. The molecule has 3 nitrogen and oxygen atoms in total. The van der Waals surface area contributed by atoms with E-state index in [-0.39, 0.29) is 0 Å². The first-order chi connectivity index (χ1) is 7.40. The van der Waals surface area contributed by atoms with E-state index < -0.39 is 40.7 Å². The Morgan fingerprint density at radius 3 is 1.81 bits per heavy atom. The van der Waals surface area contributed by atoms with E-state index in [9.17, 15) is 22.4 Å². The molecule has 16 heavy (non-hydrogen) atoms. The van der Waals surface area contributed by atoms with E-state index in [1.54, 1.807) is 0 Å². The molecule has 0 N–H and O–H groups in total. The van der Waals surface area contributed by atoms with Crippen LogP contribution in [0.3, 0.4) is 0 Å². The Balaban J connectivity index is 3.34. The highest BCUT2D eigenvalue weighted by atomic mass is 19.2. The fourth-order valence-electron chi connectivity index (χ4n) is 0.936. The predicted molar refractivity (Wildman–Crippen MR) is 44.0 cm³/mol. The Morgan fingerprint density at radius 2 is 1.44 bits per heavy atom. The van der Waals surface area contributed by atoms with Crippen molar-refractivity contribution in [2.24, 2.45) is 0 Å². The normalized spacial score (nSPS) is 10.1. The summed E-state index contributed by atoms with van der Waals surface area (Å²) in [5.41, 5.74) is -0.841. The highest BCUT2D eigenvalue weighted by Gasteiger charge is 2.26.